The highest BCUT2D eigenvalue weighted by Gasteiger charge is 2.44. The summed E-state index contributed by atoms with van der Waals surface area (Å²) in [6.45, 7) is 0. The minimum absolute atomic E-state index is 0.198. The van der Waals surface area contributed by atoms with Gasteiger partial charge in [0.15, 0.2) is 0 Å². The average Bonchev–Trinajstić information content (AvgIpc) is 2.68. The first kappa shape index (κ1) is 18.6. The molecule has 5 heteroatoms. The molecule has 2 aromatic carbocycles. The van der Waals surface area contributed by atoms with E-state index in [4.69, 9.17) is 11.6 Å². The lowest BCUT2D eigenvalue weighted by Gasteiger charge is -2.43. The zero-order valence-electron chi connectivity index (χ0n) is 15.5. The third-order valence-corrected chi connectivity index (χ3v) is 5.74. The number of imide groups is 1. The fourth-order valence-corrected chi connectivity index (χ4v) is 4.28. The Hall–Kier alpha value is -2.77. The van der Waals surface area contributed by atoms with Crippen LogP contribution in [0.25, 0.3) is 0 Å². The Morgan fingerprint density at radius 1 is 0.929 bits per heavy atom. The smallest absolute Gasteiger partial charge is 0.329 e. The fourth-order valence-electron chi connectivity index (χ4n) is 4.01. The largest absolute Gasteiger partial charge is 0.331 e. The molecule has 2 aromatic rings. The quantitative estimate of drug-likeness (QED) is 0.702. The molecule has 2 aliphatic rings. The van der Waals surface area contributed by atoms with Gasteiger partial charge in [0, 0.05) is 11.1 Å². The second-order valence-corrected chi connectivity index (χ2v) is 7.87. The highest BCUT2D eigenvalue weighted by Crippen LogP contribution is 2.37. The predicted octanol–water partition coefficient (Wildman–Crippen LogP) is 4.89. The first-order chi connectivity index (χ1) is 13.6. The lowest BCUT2D eigenvalue weighted by Crippen LogP contribution is -2.62. The minimum Gasteiger partial charge on any atom is -0.331 e. The molecule has 2 fully saturated rings. The molecule has 4 nitrogen and oxygen atoms in total. The third kappa shape index (κ3) is 3.76. The van der Waals surface area contributed by atoms with Gasteiger partial charge in [-0.1, -0.05) is 60.9 Å². The average molecular weight is 393 g/mol. The highest BCUT2D eigenvalue weighted by atomic mass is 35.5. The van der Waals surface area contributed by atoms with Gasteiger partial charge in [-0.25, -0.2) is 9.69 Å². The van der Waals surface area contributed by atoms with Gasteiger partial charge >= 0.3 is 6.03 Å². The number of nitrogens with zero attached hydrogens (tertiary/aromatic N) is 1. The zero-order chi connectivity index (χ0) is 19.6. The number of urea groups is 1. The summed E-state index contributed by atoms with van der Waals surface area (Å²) in [5, 5.41) is 3.41. The van der Waals surface area contributed by atoms with E-state index in [9.17, 15) is 9.59 Å². The van der Waals surface area contributed by atoms with Crippen molar-refractivity contribution in [1.82, 2.24) is 5.32 Å². The van der Waals surface area contributed by atoms with Gasteiger partial charge in [0.25, 0.3) is 0 Å². The summed E-state index contributed by atoms with van der Waals surface area (Å²) in [5.74, 6) is 5.94. The minimum atomic E-state index is -0.386. The number of benzene rings is 2. The number of carbonyl (C=O) groups excluding carboxylic acids is 2. The molecule has 0 bridgehead atoms. The topological polar surface area (TPSA) is 49.4 Å². The Morgan fingerprint density at radius 3 is 2.32 bits per heavy atom. The lowest BCUT2D eigenvalue weighted by atomic mass is 9.78. The standard InChI is InChI=1S/C23H21ClN2O2/c24-19-15-18(10-9-17-7-3-1-4-8-17)11-12-20(19)26-21(27)16-23(25-22(26)28)13-5-2-6-14-23/h1,3-4,7-8,11-12,15H,2,5-6,13-14,16H2,(H,25,28). The van der Waals surface area contributed by atoms with Crippen LogP contribution in [-0.2, 0) is 4.79 Å². The first-order valence-electron chi connectivity index (χ1n) is 9.58. The summed E-state index contributed by atoms with van der Waals surface area (Å²) >= 11 is 6.41. The lowest BCUT2D eigenvalue weighted by molar-refractivity contribution is -0.120. The molecule has 0 unspecified atom stereocenters. The number of hydrogen-bond donors (Lipinski definition) is 1. The van der Waals surface area contributed by atoms with E-state index in [1.807, 2.05) is 30.3 Å². The van der Waals surface area contributed by atoms with Gasteiger partial charge in [-0.15, -0.1) is 0 Å². The van der Waals surface area contributed by atoms with Crippen molar-refractivity contribution in [1.29, 1.82) is 0 Å². The second kappa shape index (κ2) is 7.69. The van der Waals surface area contributed by atoms with E-state index in [0.29, 0.717) is 17.1 Å². The van der Waals surface area contributed by atoms with Gasteiger partial charge in [-0.05, 0) is 43.2 Å². The number of carbonyl (C=O) groups is 2. The molecule has 1 aliphatic carbocycles. The van der Waals surface area contributed by atoms with Crippen molar-refractivity contribution in [3.05, 3.63) is 64.7 Å². The molecular weight excluding hydrogens is 372 g/mol. The van der Waals surface area contributed by atoms with Crippen LogP contribution in [0, 0.1) is 11.8 Å². The van der Waals surface area contributed by atoms with Gasteiger partial charge in [0.2, 0.25) is 5.91 Å². The Balaban J connectivity index is 1.55. The first-order valence-corrected chi connectivity index (χ1v) is 9.96. The Bertz CT molecular complexity index is 949. The molecule has 0 aromatic heterocycles. The van der Waals surface area contributed by atoms with Gasteiger partial charge in [-0.3, -0.25) is 4.79 Å². The Kier molecular flexibility index (Phi) is 5.11. The predicted molar refractivity (Wildman–Crippen MR) is 110 cm³/mol. The molecule has 0 atom stereocenters. The summed E-state index contributed by atoms with van der Waals surface area (Å²) in [4.78, 5) is 26.7. The van der Waals surface area contributed by atoms with Crippen LogP contribution in [0.15, 0.2) is 48.5 Å². The van der Waals surface area contributed by atoms with Crippen molar-refractivity contribution in [3.63, 3.8) is 0 Å². The number of rotatable bonds is 1. The van der Waals surface area contributed by atoms with Crippen LogP contribution in [0.2, 0.25) is 5.02 Å². The molecule has 1 saturated carbocycles. The Labute approximate surface area is 169 Å². The maximum Gasteiger partial charge on any atom is 0.329 e. The summed E-state index contributed by atoms with van der Waals surface area (Å²) in [5.41, 5.74) is 1.66. The monoisotopic (exact) mass is 392 g/mol. The van der Waals surface area contributed by atoms with Crippen molar-refractivity contribution in [3.8, 4) is 11.8 Å². The fraction of sp³-hybridized carbons (Fsp3) is 0.304. The Morgan fingerprint density at radius 2 is 1.64 bits per heavy atom. The molecule has 1 aliphatic heterocycles. The van der Waals surface area contributed by atoms with Crippen LogP contribution in [0.4, 0.5) is 10.5 Å². The van der Waals surface area contributed by atoms with E-state index in [2.05, 4.69) is 17.2 Å². The highest BCUT2D eigenvalue weighted by molar-refractivity contribution is 6.35. The molecule has 1 saturated heterocycles. The van der Waals surface area contributed by atoms with Crippen LogP contribution < -0.4 is 10.2 Å². The number of halogens is 1. The molecule has 28 heavy (non-hydrogen) atoms. The van der Waals surface area contributed by atoms with Crippen LogP contribution in [0.3, 0.4) is 0 Å². The van der Waals surface area contributed by atoms with Gasteiger partial charge in [0.05, 0.1) is 22.7 Å². The number of anilines is 1. The van der Waals surface area contributed by atoms with Crippen LogP contribution in [0.5, 0.6) is 0 Å². The SMILES string of the molecule is O=C1CC2(CCCCC2)NC(=O)N1c1ccc(C#Cc2ccccc2)cc1Cl. The van der Waals surface area contributed by atoms with Crippen molar-refractivity contribution in [2.24, 2.45) is 0 Å². The molecule has 1 spiro atoms. The summed E-state index contributed by atoms with van der Waals surface area (Å²) in [7, 11) is 0. The van der Waals surface area contributed by atoms with E-state index in [1.54, 1.807) is 18.2 Å². The van der Waals surface area contributed by atoms with Crippen LogP contribution in [0.1, 0.15) is 49.7 Å². The van der Waals surface area contributed by atoms with E-state index >= 15 is 0 Å². The summed E-state index contributed by atoms with van der Waals surface area (Å²) in [6, 6.07) is 14.4. The van der Waals surface area contributed by atoms with Gasteiger partial charge in [-0.2, -0.15) is 0 Å². The second-order valence-electron chi connectivity index (χ2n) is 7.46. The van der Waals surface area contributed by atoms with E-state index in [-0.39, 0.29) is 17.5 Å². The van der Waals surface area contributed by atoms with Gasteiger partial charge in [0.1, 0.15) is 0 Å². The normalized spacial score (nSPS) is 18.4. The number of amides is 3. The molecular formula is C23H21ClN2O2. The van der Waals surface area contributed by atoms with Crippen molar-refractivity contribution in [2.75, 3.05) is 4.90 Å². The molecule has 1 N–H and O–H groups in total. The van der Waals surface area contributed by atoms with Crippen LogP contribution >= 0.6 is 11.6 Å². The number of nitrogens with one attached hydrogen (secondary N) is 1. The maximum absolute atomic E-state index is 12.8. The number of hydrogen-bond acceptors (Lipinski definition) is 2. The summed E-state index contributed by atoms with van der Waals surface area (Å²) < 4.78 is 0. The van der Waals surface area contributed by atoms with E-state index < -0.39 is 0 Å². The van der Waals surface area contributed by atoms with Crippen molar-refractivity contribution in [2.45, 2.75) is 44.1 Å². The van der Waals surface area contributed by atoms with Crippen molar-refractivity contribution < 1.29 is 9.59 Å². The molecule has 4 rings (SSSR count). The van der Waals surface area contributed by atoms with E-state index in [0.717, 1.165) is 48.1 Å². The molecule has 3 amide bonds. The maximum atomic E-state index is 12.8. The van der Waals surface area contributed by atoms with Crippen molar-refractivity contribution >= 4 is 29.2 Å². The molecule has 1 heterocycles. The third-order valence-electron chi connectivity index (χ3n) is 5.44. The molecule has 0 radical (unpaired) electrons. The van der Waals surface area contributed by atoms with E-state index in [1.165, 1.54) is 0 Å². The summed E-state index contributed by atoms with van der Waals surface area (Å²) in [6.07, 6.45) is 5.30. The molecule has 142 valence electrons. The van der Waals surface area contributed by atoms with Gasteiger partial charge < -0.3 is 5.32 Å². The van der Waals surface area contributed by atoms with Crippen LogP contribution in [-0.4, -0.2) is 17.5 Å². The zero-order valence-corrected chi connectivity index (χ0v) is 16.3.